The van der Waals surface area contributed by atoms with Crippen LogP contribution in [0.2, 0.25) is 0 Å². The zero-order chi connectivity index (χ0) is 95.1. The van der Waals surface area contributed by atoms with Crippen molar-refractivity contribution < 1.29 is 147 Å². The summed E-state index contributed by atoms with van der Waals surface area (Å²) in [6.07, 6.45) is 4.51. The van der Waals surface area contributed by atoms with Crippen LogP contribution in [0.15, 0.2) is 107 Å². The Hall–Kier alpha value is -9.23. The van der Waals surface area contributed by atoms with E-state index in [1.807, 2.05) is 98.9 Å². The van der Waals surface area contributed by atoms with Crippen LogP contribution in [0.25, 0.3) is 0 Å². The molecule has 34 nitrogen and oxygen atoms in total. The molecule has 2 heterocycles. The molecule has 2 aliphatic heterocycles. The Labute approximate surface area is 788 Å². The van der Waals surface area contributed by atoms with Gasteiger partial charge in [-0.15, -0.1) is 21.9 Å². The molecule has 0 aliphatic carbocycles. The molecule has 2 aliphatic rings. The summed E-state index contributed by atoms with van der Waals surface area (Å²) in [6.45, 7) is 33.5. The number of thioether (sulfide) groups is 1. The Kier molecular flexibility index (Phi) is 57.2. The fraction of sp³-hybridized carbons (Fsp3) is 0.626. The molecule has 0 aromatic heterocycles. The first-order chi connectivity index (χ1) is 58.5. The summed E-state index contributed by atoms with van der Waals surface area (Å²) in [5.41, 5.74) is 3.23. The molecule has 37 heteroatoms. The molecule has 2 aromatic carbocycles. The van der Waals surface area contributed by atoms with Crippen molar-refractivity contribution in [3.63, 3.8) is 0 Å². The van der Waals surface area contributed by atoms with Crippen LogP contribution in [0, 0.1) is 45.6 Å². The number of esters is 4. The number of aliphatic hydroxyl groups is 1. The van der Waals surface area contributed by atoms with Gasteiger partial charge >= 0.3 is 23.9 Å². The third-order valence-corrected chi connectivity index (χ3v) is 22.4. The summed E-state index contributed by atoms with van der Waals surface area (Å²) in [5.74, 6) is -10.9. The largest absolute Gasteiger partial charge is 0.456 e. The van der Waals surface area contributed by atoms with Crippen molar-refractivity contribution in [1.82, 2.24) is 51.5 Å². The smallest absolute Gasteiger partial charge is 0.334 e. The third kappa shape index (κ3) is 40.4. The number of benzene rings is 2. The van der Waals surface area contributed by atoms with E-state index in [9.17, 15) is 72.2 Å². The number of amides is 10. The number of ether oxygens (including phenoxy) is 5. The minimum atomic E-state index is -1.50. The Morgan fingerprint density at radius 3 is 1.19 bits per heavy atom. The second-order valence-electron chi connectivity index (χ2n) is 33.2. The molecule has 0 bridgehead atoms. The maximum atomic E-state index is 14.2. The summed E-state index contributed by atoms with van der Waals surface area (Å²) in [6, 6.07) is 9.19. The third-order valence-electron chi connectivity index (χ3n) is 22.0. The van der Waals surface area contributed by atoms with Gasteiger partial charge in [-0.1, -0.05) is 174 Å². The maximum Gasteiger partial charge on any atom is 0.334 e. The number of carbonyl (C=O) groups excluding carboxylic acids is 14. The van der Waals surface area contributed by atoms with Gasteiger partial charge in [0, 0.05) is 105 Å². The first-order valence-corrected chi connectivity index (χ1v) is 43.9. The zero-order valence-electron chi connectivity index (χ0n) is 78.3. The van der Waals surface area contributed by atoms with Crippen molar-refractivity contribution in [3.05, 3.63) is 129 Å². The Bertz CT molecular complexity index is 4080. The fourth-order valence-electron chi connectivity index (χ4n) is 13.5. The molecule has 2 unspecified atom stereocenters. The van der Waals surface area contributed by atoms with Crippen LogP contribution in [0.1, 0.15) is 196 Å². The van der Waals surface area contributed by atoms with Gasteiger partial charge in [0.05, 0.1) is 31.2 Å². The minimum absolute atomic E-state index is 0. The number of nitrogens with zero attached hydrogens (tertiary/aromatic N) is 5. The Morgan fingerprint density at radius 1 is 0.539 bits per heavy atom. The molecule has 0 saturated carbocycles. The van der Waals surface area contributed by atoms with Crippen molar-refractivity contribution in [2.24, 2.45) is 35.5 Å². The second-order valence-corrected chi connectivity index (χ2v) is 34.0. The van der Waals surface area contributed by atoms with Gasteiger partial charge in [-0.3, -0.25) is 47.9 Å². The van der Waals surface area contributed by atoms with E-state index in [4.69, 9.17) is 39.0 Å². The normalized spacial score (nSPS) is 27.0. The van der Waals surface area contributed by atoms with Crippen molar-refractivity contribution in [2.45, 2.75) is 282 Å². The van der Waals surface area contributed by atoms with E-state index in [0.29, 0.717) is 24.4 Å². The molecule has 10 amide bonds. The van der Waals surface area contributed by atoms with Gasteiger partial charge in [0.15, 0.2) is 12.2 Å². The first-order valence-electron chi connectivity index (χ1n) is 42.5. The standard InChI is InChI=1S/C46H71N5O10S.C44H67N5O10.CH4.Ag.HNO3.V/c1-14-28(5)39-42(54)48-33(10)46(58)61-40(29(6)15-2)31(8)36(59-26-62-13)22-21-30(7)45(57)60-37(23-27(3)4)41(53)47-32(9)43(55)51(12)35(24-34-19-17-16-18-20-34)44(56)50(11)25-38(52)49-39;1-13-26(5)37-40(53)46-31(10)44(57)59-38(27(6)14-2)29(8)34(50)21-20-28(7)43(56)58-35(22-25(3)4)39(52)45-30(9)41(54)49(12)33(23-32-18-16-15-17-19-32)42(55)48(11)24-36(51)47-37;;;2-1(3)4;/h15-21,27-28,31-33,35-37,39-40H,14,22-26H2,1-13H3,(H,47,53)(H,48,54)(H,49,52);14-20,25-26,29-31,33-35,37-38,50H,13,21-24H2,1-12H3,(H,45,52)(H,46,53)(H,47,51);1H4;;(H,2,3,4);/b29-15+,30-21+;27-14+,28-20+;;;;/t28?,31-,32+,33-,35-,36+,37-,39+,40-;26?,29-,30+,31-,33-,34+,35-,37+,38-;;;;/m11..../s1. The summed E-state index contributed by atoms with van der Waals surface area (Å²) >= 11 is 1.46. The molecule has 0 saturated heterocycles. The fourth-order valence-corrected chi connectivity index (χ4v) is 13.8. The molecule has 722 valence electrons. The van der Waals surface area contributed by atoms with E-state index in [2.05, 4.69) is 31.9 Å². The Balaban J connectivity index is 0. The number of likely N-dealkylation sites (N-methyl/N-ethyl adjacent to an activating group) is 4. The predicted octanol–water partition coefficient (Wildman–Crippen LogP) is 8.10. The van der Waals surface area contributed by atoms with Crippen LogP contribution in [-0.4, -0.2) is 256 Å². The Morgan fingerprint density at radius 2 is 0.867 bits per heavy atom. The number of aliphatic hydroxyl groups excluding tert-OH is 1. The van der Waals surface area contributed by atoms with Crippen molar-refractivity contribution in [1.29, 1.82) is 0 Å². The molecule has 2 radical (unpaired) electrons. The molecule has 0 spiro atoms. The number of hydrogen-bond acceptors (Lipinski definition) is 23. The van der Waals surface area contributed by atoms with Crippen LogP contribution in [0.4, 0.5) is 0 Å². The van der Waals surface area contributed by atoms with E-state index < -0.39 is 198 Å². The minimum Gasteiger partial charge on any atom is -0.456 e. The summed E-state index contributed by atoms with van der Waals surface area (Å²) < 4.78 is 29.6. The van der Waals surface area contributed by atoms with Gasteiger partial charge < -0.3 is 85.5 Å². The molecular weight excluding hydrogens is 1810 g/mol. The van der Waals surface area contributed by atoms with Crippen LogP contribution in [0.3, 0.4) is 0 Å². The van der Waals surface area contributed by atoms with Gasteiger partial charge in [0.1, 0.15) is 60.5 Å². The molecule has 2 aromatic rings. The molecule has 0 fully saturated rings. The van der Waals surface area contributed by atoms with Gasteiger partial charge in [0.2, 0.25) is 47.3 Å². The average molecular weight is 1950 g/mol. The quantitative estimate of drug-likeness (QED) is 0.0141. The van der Waals surface area contributed by atoms with Crippen LogP contribution in [-0.2, 0) is 145 Å². The zero-order valence-corrected chi connectivity index (χ0v) is 82.0. The van der Waals surface area contributed by atoms with E-state index in [1.54, 1.807) is 90.1 Å². The van der Waals surface area contributed by atoms with E-state index in [1.165, 1.54) is 100 Å². The number of carbonyl (C=O) groups is 14. The van der Waals surface area contributed by atoms with Gasteiger partial charge in [-0.2, -0.15) is 0 Å². The van der Waals surface area contributed by atoms with E-state index in [-0.39, 0.29) is 122 Å². The monoisotopic (exact) mass is 1950 g/mol. The molecule has 18 atom stereocenters. The number of nitrogens with one attached hydrogen (secondary N) is 6. The van der Waals surface area contributed by atoms with Crippen molar-refractivity contribution in [2.75, 3.05) is 53.5 Å². The van der Waals surface area contributed by atoms with Crippen LogP contribution < -0.4 is 31.9 Å². The van der Waals surface area contributed by atoms with Gasteiger partial charge in [-0.05, 0) is 147 Å². The summed E-state index contributed by atoms with van der Waals surface area (Å²) in [7, 11) is 5.73. The van der Waals surface area contributed by atoms with Crippen LogP contribution in [0.5, 0.6) is 0 Å². The van der Waals surface area contributed by atoms with E-state index >= 15 is 0 Å². The molecule has 4 rings (SSSR count). The molecule has 8 N–H and O–H groups in total. The number of rotatable bonds is 17. The SMILES string of the molecule is C.C/C=C(\C)[C@H]1OC(=O)[C@@H](C)NC(=O)[C@H](C(C)CC)NC(=O)CN(C)C(=O)[C@@H](Cc2ccccc2)N(C)C(=O)[C@H](C)NC(=O)[C@@H](CC(C)C)OC(=O)/C(C)=C/C[C@H](O)[C@H]1C.C/C=C(\C)[C@H]1OC(=O)[C@@H](C)NC(=O)[C@H](C(C)CC)NC(=O)CN(C)C(=O)[C@@H](Cc2ccccc2)N(C)C(=O)[C@H](C)NC(=O)[C@@H](CC(C)C)OC(=O)/C(C)=C/C[C@H](OCSC)[C@H]1C.O=[N+]([O-])O.[Ag].[V]. The molecular formula is C91H143AgN11O23SV. The molecule has 128 heavy (non-hydrogen) atoms. The second kappa shape index (κ2) is 60.6. The summed E-state index contributed by atoms with van der Waals surface area (Å²) in [5, 5.41) is 41.1. The summed E-state index contributed by atoms with van der Waals surface area (Å²) in [4.78, 5) is 205. The van der Waals surface area contributed by atoms with E-state index in [0.717, 1.165) is 16.7 Å². The van der Waals surface area contributed by atoms with Crippen molar-refractivity contribution in [3.8, 4) is 0 Å². The average Bonchev–Trinajstić information content (AvgIpc) is 0.830. The first kappa shape index (κ1) is 121. The predicted molar refractivity (Wildman–Crippen MR) is 479 cm³/mol. The maximum absolute atomic E-state index is 14.2. The topological polar surface area (TPSA) is 454 Å². The van der Waals surface area contributed by atoms with Crippen LogP contribution >= 0.6 is 11.8 Å². The number of cyclic esters (lactones) is 4. The van der Waals surface area contributed by atoms with Gasteiger partial charge in [0.25, 0.3) is 16.9 Å². The van der Waals surface area contributed by atoms with Crippen molar-refractivity contribution >= 4 is 94.7 Å². The number of hydrogen-bond donors (Lipinski definition) is 8. The van der Waals surface area contributed by atoms with Gasteiger partial charge in [-0.25, -0.2) is 19.2 Å². The number of allylic oxidation sites excluding steroid dienone is 2.